The summed E-state index contributed by atoms with van der Waals surface area (Å²) in [5.41, 5.74) is 2.23. The highest BCUT2D eigenvalue weighted by Gasteiger charge is 2.25. The molecule has 1 heterocycles. The van der Waals surface area contributed by atoms with Crippen molar-refractivity contribution in [2.75, 3.05) is 31.5 Å². The topological polar surface area (TPSA) is 62.4 Å². The zero-order valence-electron chi connectivity index (χ0n) is 13.8. The number of fused-ring (bicyclic) bond motifs is 1. The fourth-order valence-corrected chi connectivity index (χ4v) is 2.44. The maximum atomic E-state index is 10.7. The van der Waals surface area contributed by atoms with E-state index >= 15 is 0 Å². The summed E-state index contributed by atoms with van der Waals surface area (Å²) in [7, 11) is 0. The fourth-order valence-electron chi connectivity index (χ4n) is 2.44. The number of ether oxygens (including phenoxy) is 1. The largest absolute Gasteiger partial charge is 0.484 e. The Bertz CT molecular complexity index is 515. The average molecular weight is 305 g/mol. The van der Waals surface area contributed by atoms with E-state index in [9.17, 15) is 4.79 Å². The lowest BCUT2D eigenvalue weighted by Gasteiger charge is -2.33. The van der Waals surface area contributed by atoms with E-state index in [4.69, 9.17) is 4.74 Å². The number of carbonyl (C=O) groups is 1. The molecule has 0 saturated carbocycles. The molecular formula is C17H27N3O2. The van der Waals surface area contributed by atoms with Crippen LogP contribution in [0.3, 0.4) is 0 Å². The molecule has 1 aromatic carbocycles. The van der Waals surface area contributed by atoms with E-state index in [2.05, 4.69) is 48.0 Å². The van der Waals surface area contributed by atoms with Crippen LogP contribution in [-0.2, 0) is 11.2 Å². The molecule has 2 rings (SSSR count). The summed E-state index contributed by atoms with van der Waals surface area (Å²) in [4.78, 5) is 10.7. The van der Waals surface area contributed by atoms with Crippen LogP contribution in [0.5, 0.6) is 5.75 Å². The molecule has 0 fully saturated rings. The van der Waals surface area contributed by atoms with Crippen LogP contribution in [0.2, 0.25) is 0 Å². The van der Waals surface area contributed by atoms with E-state index in [-0.39, 0.29) is 11.5 Å². The molecule has 1 aromatic rings. The number of hydrogen-bond donors (Lipinski definition) is 3. The number of benzene rings is 1. The molecule has 0 saturated heterocycles. The molecule has 1 amide bonds. The van der Waals surface area contributed by atoms with Crippen molar-refractivity contribution in [2.24, 2.45) is 0 Å². The predicted molar refractivity (Wildman–Crippen MR) is 89.5 cm³/mol. The molecule has 5 nitrogen and oxygen atoms in total. The van der Waals surface area contributed by atoms with Crippen molar-refractivity contribution in [1.82, 2.24) is 10.6 Å². The summed E-state index contributed by atoms with van der Waals surface area (Å²) in [6, 6.07) is 6.35. The van der Waals surface area contributed by atoms with Crippen LogP contribution in [0, 0.1) is 0 Å². The van der Waals surface area contributed by atoms with Crippen LogP contribution in [0.25, 0.3) is 0 Å². The highest BCUT2D eigenvalue weighted by molar-refractivity contribution is 5.72. The molecule has 0 atom stereocenters. The standard InChI is InChI=1S/C17H27N3O2/c1-13(21)19-9-4-8-18-10-7-14-5-6-16-15(11-14)20-12-17(2,3)22-16/h5-6,11,18,20H,4,7-10,12H2,1-3H3,(H,19,21). The van der Waals surface area contributed by atoms with Crippen molar-refractivity contribution in [1.29, 1.82) is 0 Å². The number of rotatable bonds is 7. The lowest BCUT2D eigenvalue weighted by molar-refractivity contribution is -0.118. The highest BCUT2D eigenvalue weighted by Crippen LogP contribution is 2.33. The molecule has 1 aliphatic heterocycles. The number of amides is 1. The zero-order valence-corrected chi connectivity index (χ0v) is 13.8. The Kier molecular flexibility index (Phi) is 5.66. The Morgan fingerprint density at radius 1 is 1.32 bits per heavy atom. The minimum absolute atomic E-state index is 0.0342. The Morgan fingerprint density at radius 2 is 2.14 bits per heavy atom. The molecule has 122 valence electrons. The van der Waals surface area contributed by atoms with Gasteiger partial charge in [0.2, 0.25) is 5.91 Å². The quantitative estimate of drug-likeness (QED) is 0.674. The zero-order chi connectivity index (χ0) is 16.0. The maximum Gasteiger partial charge on any atom is 0.216 e. The summed E-state index contributed by atoms with van der Waals surface area (Å²) < 4.78 is 5.95. The molecular weight excluding hydrogens is 278 g/mol. The van der Waals surface area contributed by atoms with Crippen molar-refractivity contribution in [3.05, 3.63) is 23.8 Å². The lowest BCUT2D eigenvalue weighted by Crippen LogP contribution is -2.40. The van der Waals surface area contributed by atoms with Gasteiger partial charge in [-0.1, -0.05) is 6.07 Å². The molecule has 0 spiro atoms. The van der Waals surface area contributed by atoms with Crippen LogP contribution in [0.1, 0.15) is 32.8 Å². The molecule has 0 bridgehead atoms. The van der Waals surface area contributed by atoms with Crippen LogP contribution in [0.4, 0.5) is 5.69 Å². The number of nitrogens with one attached hydrogen (secondary N) is 3. The molecule has 1 aliphatic rings. The second-order valence-corrected chi connectivity index (χ2v) is 6.38. The van der Waals surface area contributed by atoms with Gasteiger partial charge in [0.05, 0.1) is 12.2 Å². The van der Waals surface area contributed by atoms with Crippen LogP contribution >= 0.6 is 0 Å². The van der Waals surface area contributed by atoms with Gasteiger partial charge in [0, 0.05) is 13.5 Å². The van der Waals surface area contributed by atoms with E-state index in [1.807, 2.05) is 0 Å². The van der Waals surface area contributed by atoms with Crippen LogP contribution < -0.4 is 20.7 Å². The van der Waals surface area contributed by atoms with Gasteiger partial charge < -0.3 is 20.7 Å². The maximum absolute atomic E-state index is 10.7. The SMILES string of the molecule is CC(=O)NCCCNCCc1ccc2c(c1)NCC(C)(C)O2. The summed E-state index contributed by atoms with van der Waals surface area (Å²) in [5, 5.41) is 9.63. The van der Waals surface area contributed by atoms with Gasteiger partial charge in [-0.3, -0.25) is 4.79 Å². The van der Waals surface area contributed by atoms with Crippen molar-refractivity contribution in [2.45, 2.75) is 39.2 Å². The number of hydrogen-bond acceptors (Lipinski definition) is 4. The minimum atomic E-state index is -0.149. The van der Waals surface area contributed by atoms with Gasteiger partial charge in [-0.15, -0.1) is 0 Å². The first-order valence-electron chi connectivity index (χ1n) is 7.97. The molecule has 0 unspecified atom stereocenters. The summed E-state index contributed by atoms with van der Waals surface area (Å²) in [5.74, 6) is 0.968. The first kappa shape index (κ1) is 16.6. The van der Waals surface area contributed by atoms with Crippen LogP contribution in [0.15, 0.2) is 18.2 Å². The van der Waals surface area contributed by atoms with Crippen LogP contribution in [-0.4, -0.2) is 37.7 Å². The molecule has 3 N–H and O–H groups in total. The first-order valence-corrected chi connectivity index (χ1v) is 7.97. The third kappa shape index (κ3) is 5.22. The molecule has 22 heavy (non-hydrogen) atoms. The van der Waals surface area contributed by atoms with Gasteiger partial charge >= 0.3 is 0 Å². The monoisotopic (exact) mass is 305 g/mol. The van der Waals surface area contributed by atoms with E-state index in [1.165, 1.54) is 5.56 Å². The summed E-state index contributed by atoms with van der Waals surface area (Å²) in [6.07, 6.45) is 1.94. The molecule has 5 heteroatoms. The third-order valence-corrected chi connectivity index (χ3v) is 3.63. The third-order valence-electron chi connectivity index (χ3n) is 3.63. The van der Waals surface area contributed by atoms with Crippen molar-refractivity contribution in [3.63, 3.8) is 0 Å². The molecule has 0 aliphatic carbocycles. The van der Waals surface area contributed by atoms with Gasteiger partial charge in [-0.2, -0.15) is 0 Å². The van der Waals surface area contributed by atoms with E-state index in [0.29, 0.717) is 0 Å². The van der Waals surface area contributed by atoms with E-state index in [1.54, 1.807) is 6.92 Å². The summed E-state index contributed by atoms with van der Waals surface area (Å²) in [6.45, 7) is 9.13. The summed E-state index contributed by atoms with van der Waals surface area (Å²) >= 11 is 0. The second-order valence-electron chi connectivity index (χ2n) is 6.38. The Balaban J connectivity index is 1.70. The fraction of sp³-hybridized carbons (Fsp3) is 0.588. The van der Waals surface area contributed by atoms with Gasteiger partial charge in [-0.05, 0) is 57.5 Å². The Labute approximate surface area is 132 Å². The van der Waals surface area contributed by atoms with Gasteiger partial charge in [0.1, 0.15) is 11.4 Å². The Morgan fingerprint density at radius 3 is 2.91 bits per heavy atom. The number of anilines is 1. The van der Waals surface area contributed by atoms with E-state index in [0.717, 1.165) is 50.5 Å². The predicted octanol–water partition coefficient (Wildman–Crippen LogP) is 1.93. The first-order chi connectivity index (χ1) is 10.5. The Hall–Kier alpha value is -1.75. The van der Waals surface area contributed by atoms with Gasteiger partial charge in [0.25, 0.3) is 0 Å². The van der Waals surface area contributed by atoms with Gasteiger partial charge in [-0.25, -0.2) is 0 Å². The minimum Gasteiger partial charge on any atom is -0.484 e. The molecule has 0 radical (unpaired) electrons. The lowest BCUT2D eigenvalue weighted by atomic mass is 10.0. The van der Waals surface area contributed by atoms with Gasteiger partial charge in [0.15, 0.2) is 0 Å². The van der Waals surface area contributed by atoms with E-state index < -0.39 is 0 Å². The van der Waals surface area contributed by atoms with Crippen molar-refractivity contribution < 1.29 is 9.53 Å². The molecule has 0 aromatic heterocycles. The van der Waals surface area contributed by atoms with Crippen molar-refractivity contribution >= 4 is 11.6 Å². The van der Waals surface area contributed by atoms with Crippen molar-refractivity contribution in [3.8, 4) is 5.75 Å². The number of carbonyl (C=O) groups excluding carboxylic acids is 1. The average Bonchev–Trinajstić information content (AvgIpc) is 2.45. The highest BCUT2D eigenvalue weighted by atomic mass is 16.5. The smallest absolute Gasteiger partial charge is 0.216 e. The normalized spacial score (nSPS) is 15.4. The second kappa shape index (κ2) is 7.49.